The summed E-state index contributed by atoms with van der Waals surface area (Å²) in [6, 6.07) is 0. The van der Waals surface area contributed by atoms with Crippen molar-refractivity contribution in [3.63, 3.8) is 0 Å². The fourth-order valence-corrected chi connectivity index (χ4v) is 1.46. The van der Waals surface area contributed by atoms with Crippen molar-refractivity contribution in [1.82, 2.24) is 0 Å². The first-order valence-electron chi connectivity index (χ1n) is 4.99. The number of ether oxygens (including phenoxy) is 1. The molecule has 0 N–H and O–H groups in total. The van der Waals surface area contributed by atoms with E-state index in [0.717, 1.165) is 38.9 Å². The zero-order valence-electron chi connectivity index (χ0n) is 7.68. The Balaban J connectivity index is 0.000000127. The Morgan fingerprint density at radius 2 is 1.42 bits per heavy atom. The summed E-state index contributed by atoms with van der Waals surface area (Å²) in [5, 5.41) is 0. The average Bonchev–Trinajstić information content (AvgIpc) is 2.62. The van der Waals surface area contributed by atoms with Gasteiger partial charge in [-0.25, -0.2) is 0 Å². The molecule has 0 atom stereocenters. The minimum absolute atomic E-state index is 0.464. The molecular weight excluding hydrogens is 152 g/mol. The highest BCUT2D eigenvalue weighted by Gasteiger charge is 2.05. The Kier molecular flexibility index (Phi) is 5.00. The van der Waals surface area contributed by atoms with Crippen molar-refractivity contribution in [2.24, 2.45) is 0 Å². The maximum atomic E-state index is 10.5. The van der Waals surface area contributed by atoms with Crippen LogP contribution in [0.25, 0.3) is 0 Å². The molecular formula is C10H18O2. The van der Waals surface area contributed by atoms with E-state index in [9.17, 15) is 4.79 Å². The second-order valence-corrected chi connectivity index (χ2v) is 3.42. The summed E-state index contributed by atoms with van der Waals surface area (Å²) < 4.78 is 4.94. The Bertz CT molecular complexity index is 112. The van der Waals surface area contributed by atoms with Crippen molar-refractivity contribution in [3.8, 4) is 0 Å². The van der Waals surface area contributed by atoms with Gasteiger partial charge in [-0.2, -0.15) is 0 Å². The fraction of sp³-hybridized carbons (Fsp3) is 0.900. The number of rotatable bonds is 0. The molecule has 2 aliphatic rings. The van der Waals surface area contributed by atoms with E-state index in [1.807, 2.05) is 0 Å². The molecule has 0 aromatic rings. The quantitative estimate of drug-likeness (QED) is 0.557. The maximum Gasteiger partial charge on any atom is 0.132 e. The van der Waals surface area contributed by atoms with Crippen LogP contribution in [0, 0.1) is 0 Å². The molecule has 0 amide bonds. The highest BCUT2D eigenvalue weighted by atomic mass is 16.5. The smallest absolute Gasteiger partial charge is 0.132 e. The van der Waals surface area contributed by atoms with Gasteiger partial charge in [-0.05, 0) is 25.7 Å². The summed E-state index contributed by atoms with van der Waals surface area (Å²) in [6.45, 7) is 2.00. The van der Waals surface area contributed by atoms with Crippen LogP contribution in [0.5, 0.6) is 0 Å². The predicted octanol–water partition coefficient (Wildman–Crippen LogP) is 2.32. The van der Waals surface area contributed by atoms with Gasteiger partial charge in [0, 0.05) is 26.1 Å². The Hall–Kier alpha value is -0.370. The van der Waals surface area contributed by atoms with Crippen molar-refractivity contribution >= 4 is 5.78 Å². The number of carbonyl (C=O) groups excluding carboxylic acids is 1. The average molecular weight is 170 g/mol. The van der Waals surface area contributed by atoms with E-state index >= 15 is 0 Å². The molecule has 0 radical (unpaired) electrons. The van der Waals surface area contributed by atoms with Crippen LogP contribution in [0.2, 0.25) is 0 Å². The highest BCUT2D eigenvalue weighted by Crippen LogP contribution is 2.12. The summed E-state index contributed by atoms with van der Waals surface area (Å²) in [5.74, 6) is 0.464. The standard InChI is InChI=1S/C6H10O.C4H8O/c7-6-4-2-1-3-5-6;1-2-4-5-3-1/h1-5H2;1-4H2. The zero-order valence-corrected chi connectivity index (χ0v) is 7.68. The molecule has 2 nitrogen and oxygen atoms in total. The predicted molar refractivity (Wildman–Crippen MR) is 48.1 cm³/mol. The van der Waals surface area contributed by atoms with Crippen LogP contribution in [0.1, 0.15) is 44.9 Å². The molecule has 1 aliphatic heterocycles. The molecule has 1 saturated heterocycles. The number of ketones is 1. The van der Waals surface area contributed by atoms with Crippen molar-refractivity contribution in [2.75, 3.05) is 13.2 Å². The molecule has 12 heavy (non-hydrogen) atoms. The SMILES string of the molecule is C1CCOC1.O=C1CCCCC1. The number of Topliss-reactive ketones (excluding diaryl/α,β-unsaturated/α-hetero) is 1. The number of hydrogen-bond donors (Lipinski definition) is 0. The van der Waals surface area contributed by atoms with Gasteiger partial charge in [0.25, 0.3) is 0 Å². The molecule has 2 fully saturated rings. The highest BCUT2D eigenvalue weighted by molar-refractivity contribution is 5.78. The lowest BCUT2D eigenvalue weighted by Gasteiger charge is -2.05. The van der Waals surface area contributed by atoms with Crippen LogP contribution in [0.3, 0.4) is 0 Å². The van der Waals surface area contributed by atoms with Crippen molar-refractivity contribution in [2.45, 2.75) is 44.9 Å². The molecule has 0 aromatic carbocycles. The van der Waals surface area contributed by atoms with Crippen LogP contribution in [0.15, 0.2) is 0 Å². The largest absolute Gasteiger partial charge is 0.381 e. The lowest BCUT2D eigenvalue weighted by Crippen LogP contribution is -2.02. The van der Waals surface area contributed by atoms with E-state index in [1.54, 1.807) is 0 Å². The Morgan fingerprint density at radius 3 is 1.67 bits per heavy atom. The maximum absolute atomic E-state index is 10.5. The Morgan fingerprint density at radius 1 is 0.833 bits per heavy atom. The molecule has 1 heterocycles. The lowest BCUT2D eigenvalue weighted by atomic mass is 10.00. The molecule has 0 unspecified atom stereocenters. The first-order valence-corrected chi connectivity index (χ1v) is 4.99. The molecule has 70 valence electrons. The number of hydrogen-bond acceptors (Lipinski definition) is 2. The normalized spacial score (nSPS) is 23.2. The minimum Gasteiger partial charge on any atom is -0.381 e. The first-order chi connectivity index (χ1) is 5.89. The van der Waals surface area contributed by atoms with Gasteiger partial charge >= 0.3 is 0 Å². The van der Waals surface area contributed by atoms with Gasteiger partial charge in [-0.1, -0.05) is 6.42 Å². The first kappa shape index (κ1) is 9.72. The molecule has 0 aromatic heterocycles. The summed E-state index contributed by atoms with van der Waals surface area (Å²) in [4.78, 5) is 10.5. The minimum atomic E-state index is 0.464. The second kappa shape index (κ2) is 6.18. The summed E-state index contributed by atoms with van der Waals surface area (Å²) in [7, 11) is 0. The fourth-order valence-electron chi connectivity index (χ4n) is 1.46. The monoisotopic (exact) mass is 170 g/mol. The van der Waals surface area contributed by atoms with E-state index in [0.29, 0.717) is 5.78 Å². The van der Waals surface area contributed by atoms with Gasteiger partial charge in [0.05, 0.1) is 0 Å². The molecule has 1 aliphatic carbocycles. The van der Waals surface area contributed by atoms with Crippen LogP contribution < -0.4 is 0 Å². The molecule has 0 spiro atoms. The second-order valence-electron chi connectivity index (χ2n) is 3.42. The van der Waals surface area contributed by atoms with Crippen molar-refractivity contribution in [1.29, 1.82) is 0 Å². The van der Waals surface area contributed by atoms with Gasteiger partial charge in [0.15, 0.2) is 0 Å². The molecule has 0 bridgehead atoms. The van der Waals surface area contributed by atoms with Crippen molar-refractivity contribution < 1.29 is 9.53 Å². The van der Waals surface area contributed by atoms with Gasteiger partial charge in [0.1, 0.15) is 5.78 Å². The third-order valence-corrected chi connectivity index (χ3v) is 2.24. The lowest BCUT2D eigenvalue weighted by molar-refractivity contribution is -0.120. The van der Waals surface area contributed by atoms with Gasteiger partial charge < -0.3 is 4.74 Å². The van der Waals surface area contributed by atoms with Crippen LogP contribution >= 0.6 is 0 Å². The van der Waals surface area contributed by atoms with Crippen molar-refractivity contribution in [3.05, 3.63) is 0 Å². The van der Waals surface area contributed by atoms with Crippen LogP contribution in [-0.2, 0) is 9.53 Å². The number of carbonyl (C=O) groups is 1. The van der Waals surface area contributed by atoms with E-state index in [4.69, 9.17) is 4.74 Å². The third-order valence-electron chi connectivity index (χ3n) is 2.24. The topological polar surface area (TPSA) is 26.3 Å². The summed E-state index contributed by atoms with van der Waals surface area (Å²) in [6.07, 6.45) is 7.80. The molecule has 1 saturated carbocycles. The van der Waals surface area contributed by atoms with E-state index in [-0.39, 0.29) is 0 Å². The molecule has 2 heteroatoms. The van der Waals surface area contributed by atoms with Crippen LogP contribution in [-0.4, -0.2) is 19.0 Å². The van der Waals surface area contributed by atoms with E-state index < -0.39 is 0 Å². The van der Waals surface area contributed by atoms with E-state index in [1.165, 1.54) is 19.3 Å². The van der Waals surface area contributed by atoms with Gasteiger partial charge in [0.2, 0.25) is 0 Å². The van der Waals surface area contributed by atoms with E-state index in [2.05, 4.69) is 0 Å². The van der Waals surface area contributed by atoms with Gasteiger partial charge in [-0.3, -0.25) is 4.79 Å². The molecule has 2 rings (SSSR count). The summed E-state index contributed by atoms with van der Waals surface area (Å²) >= 11 is 0. The Labute approximate surface area is 74.3 Å². The van der Waals surface area contributed by atoms with Crippen LogP contribution in [0.4, 0.5) is 0 Å². The van der Waals surface area contributed by atoms with Gasteiger partial charge in [-0.15, -0.1) is 0 Å². The zero-order chi connectivity index (χ0) is 8.65. The third kappa shape index (κ3) is 4.50. The summed E-state index contributed by atoms with van der Waals surface area (Å²) in [5.41, 5.74) is 0.